The Balaban J connectivity index is 0.00000169. The van der Waals surface area contributed by atoms with Gasteiger partial charge in [0, 0.05) is 19.5 Å². The average molecular weight is 245 g/mol. The maximum atomic E-state index is 5.15. The molecule has 0 saturated carbocycles. The summed E-state index contributed by atoms with van der Waals surface area (Å²) < 4.78 is 10.3. The van der Waals surface area contributed by atoms with E-state index in [9.17, 15) is 0 Å². The van der Waals surface area contributed by atoms with Crippen LogP contribution in [0.3, 0.4) is 0 Å². The molecule has 2 nitrogen and oxygen atoms in total. The molecule has 0 fully saturated rings. The normalized spacial score (nSPS) is 8.86. The molecule has 0 unspecified atom stereocenters. The molecule has 1 aromatic carbocycles. The van der Waals surface area contributed by atoms with Crippen molar-refractivity contribution in [2.75, 3.05) is 14.2 Å². The Labute approximate surface area is 98.4 Å². The number of rotatable bonds is 3. The molecule has 74 valence electrons. The zero-order valence-corrected chi connectivity index (χ0v) is 12.2. The van der Waals surface area contributed by atoms with Crippen LogP contribution in [0.15, 0.2) is 18.2 Å². The van der Waals surface area contributed by atoms with Crippen LogP contribution in [0.2, 0.25) is 0 Å². The van der Waals surface area contributed by atoms with E-state index in [0.29, 0.717) is 0 Å². The minimum absolute atomic E-state index is 0. The summed E-state index contributed by atoms with van der Waals surface area (Å²) in [5, 5.41) is 0. The van der Waals surface area contributed by atoms with Crippen LogP contribution >= 0.6 is 0 Å². The molecule has 0 radical (unpaired) electrons. The van der Waals surface area contributed by atoms with E-state index in [-0.39, 0.29) is 19.5 Å². The number of hydrogen-bond acceptors (Lipinski definition) is 2. The van der Waals surface area contributed by atoms with Crippen molar-refractivity contribution in [1.29, 1.82) is 0 Å². The van der Waals surface area contributed by atoms with E-state index in [1.54, 1.807) is 14.2 Å². The molecule has 14 heavy (non-hydrogen) atoms. The van der Waals surface area contributed by atoms with Gasteiger partial charge in [-0.3, -0.25) is 0 Å². The second kappa shape index (κ2) is 5.92. The molecule has 3 heteroatoms. The Morgan fingerprint density at radius 1 is 0.929 bits per heavy atom. The molecule has 1 rings (SSSR count). The van der Waals surface area contributed by atoms with E-state index in [1.807, 2.05) is 18.2 Å². The monoisotopic (exact) mass is 243 g/mol. The van der Waals surface area contributed by atoms with Crippen molar-refractivity contribution >= 4 is 0 Å². The third kappa shape index (κ3) is 3.23. The van der Waals surface area contributed by atoms with Crippen LogP contribution in [0, 0.1) is 5.92 Å². The first kappa shape index (κ1) is 13.3. The van der Waals surface area contributed by atoms with E-state index in [1.165, 1.54) is 5.92 Å². The maximum absolute atomic E-state index is 5.15. The van der Waals surface area contributed by atoms with E-state index in [0.717, 1.165) is 17.1 Å². The summed E-state index contributed by atoms with van der Waals surface area (Å²) >= 11 is 0. The van der Waals surface area contributed by atoms with Gasteiger partial charge in [0.25, 0.3) is 0 Å². The molecule has 0 amide bonds. The number of ether oxygens (including phenoxy) is 2. The van der Waals surface area contributed by atoms with Gasteiger partial charge in [0.15, 0.2) is 0 Å². The molecular weight excluding hydrogens is 230 g/mol. The number of benzene rings is 1. The molecule has 0 spiro atoms. The van der Waals surface area contributed by atoms with E-state index >= 15 is 0 Å². The van der Waals surface area contributed by atoms with Crippen molar-refractivity contribution in [1.82, 2.24) is 0 Å². The summed E-state index contributed by atoms with van der Waals surface area (Å²) in [4.78, 5) is 0. The summed E-state index contributed by atoms with van der Waals surface area (Å²) in [6.45, 7) is 4.13. The quantitative estimate of drug-likeness (QED) is 0.601. The molecule has 0 bridgehead atoms. The summed E-state index contributed by atoms with van der Waals surface area (Å²) in [6, 6.07) is 5.86. The van der Waals surface area contributed by atoms with Gasteiger partial charge in [-0.05, 0) is 6.07 Å². The van der Waals surface area contributed by atoms with Crippen LogP contribution in [-0.4, -0.2) is 14.2 Å². The topological polar surface area (TPSA) is 18.5 Å². The third-order valence-corrected chi connectivity index (χ3v) is 1.93. The largest absolute Gasteiger partial charge is 0.509 e. The minimum atomic E-state index is 0. The zero-order chi connectivity index (χ0) is 9.84. The zero-order valence-electron chi connectivity index (χ0n) is 9.26. The summed E-state index contributed by atoms with van der Waals surface area (Å²) in [7, 11) is 3.31. The fraction of sp³-hybridized carbons (Fsp3) is 0.364. The molecule has 0 saturated heterocycles. The molecular formula is C11H15O2Zn-. The predicted molar refractivity (Wildman–Crippen MR) is 53.2 cm³/mol. The summed E-state index contributed by atoms with van der Waals surface area (Å²) in [6.07, 6.45) is 0. The Morgan fingerprint density at radius 2 is 1.36 bits per heavy atom. The fourth-order valence-corrected chi connectivity index (χ4v) is 1.10. The SMILES string of the molecule is COc1cc(OC)cc([C-](C)C)c1.[Zn]. The number of methoxy groups -OCH3 is 2. The standard InChI is InChI=1S/C11H15O2.Zn/c1-8(2)9-5-10(12-3)7-11(6-9)13-4;/h5-7H,1-4H3;/q-1;. The molecule has 0 aliphatic carbocycles. The minimum Gasteiger partial charge on any atom is -0.509 e. The number of hydrogen-bond donors (Lipinski definition) is 0. The second-order valence-electron chi connectivity index (χ2n) is 3.10. The van der Waals surface area contributed by atoms with Gasteiger partial charge < -0.3 is 9.47 Å². The van der Waals surface area contributed by atoms with Gasteiger partial charge >= 0.3 is 0 Å². The van der Waals surface area contributed by atoms with Crippen molar-refractivity contribution < 1.29 is 29.0 Å². The first-order chi connectivity index (χ1) is 6.17. The Hall–Kier alpha value is -0.687. The van der Waals surface area contributed by atoms with Gasteiger partial charge in [-0.25, -0.2) is 0 Å². The maximum Gasteiger partial charge on any atom is 0.0759 e. The Morgan fingerprint density at radius 3 is 1.64 bits per heavy atom. The van der Waals surface area contributed by atoms with Crippen LogP contribution in [0.4, 0.5) is 0 Å². The van der Waals surface area contributed by atoms with E-state index in [4.69, 9.17) is 9.47 Å². The Kier molecular flexibility index (Phi) is 5.63. The predicted octanol–water partition coefficient (Wildman–Crippen LogP) is 2.66. The molecule has 0 aliphatic rings. The van der Waals surface area contributed by atoms with Crippen molar-refractivity contribution in [3.05, 3.63) is 29.7 Å². The van der Waals surface area contributed by atoms with E-state index in [2.05, 4.69) is 13.8 Å². The average Bonchev–Trinajstić information content (AvgIpc) is 2.16. The van der Waals surface area contributed by atoms with Crippen LogP contribution in [-0.2, 0) is 19.5 Å². The molecule has 1 aromatic rings. The van der Waals surface area contributed by atoms with Crippen molar-refractivity contribution in [2.45, 2.75) is 13.8 Å². The van der Waals surface area contributed by atoms with E-state index < -0.39 is 0 Å². The smallest absolute Gasteiger partial charge is 0.0759 e. The van der Waals surface area contributed by atoms with Gasteiger partial charge in [0.2, 0.25) is 0 Å². The van der Waals surface area contributed by atoms with Crippen LogP contribution < -0.4 is 9.47 Å². The first-order valence-corrected chi connectivity index (χ1v) is 4.21. The van der Waals surface area contributed by atoms with Gasteiger partial charge in [-0.15, -0.1) is 12.1 Å². The second-order valence-corrected chi connectivity index (χ2v) is 3.10. The van der Waals surface area contributed by atoms with Crippen LogP contribution in [0.25, 0.3) is 0 Å². The molecule has 0 aromatic heterocycles. The van der Waals surface area contributed by atoms with Crippen LogP contribution in [0.1, 0.15) is 19.4 Å². The third-order valence-electron chi connectivity index (χ3n) is 1.93. The van der Waals surface area contributed by atoms with Gasteiger partial charge in [-0.1, -0.05) is 13.8 Å². The van der Waals surface area contributed by atoms with Gasteiger partial charge in [0.05, 0.1) is 25.7 Å². The van der Waals surface area contributed by atoms with Gasteiger partial charge in [-0.2, -0.15) is 11.5 Å². The van der Waals surface area contributed by atoms with Gasteiger partial charge in [0.1, 0.15) is 0 Å². The van der Waals surface area contributed by atoms with Crippen molar-refractivity contribution in [3.8, 4) is 11.5 Å². The van der Waals surface area contributed by atoms with Crippen molar-refractivity contribution in [3.63, 3.8) is 0 Å². The summed E-state index contributed by atoms with van der Waals surface area (Å²) in [5.41, 5.74) is 1.15. The fourth-order valence-electron chi connectivity index (χ4n) is 1.10. The summed E-state index contributed by atoms with van der Waals surface area (Å²) in [5.74, 6) is 2.91. The first-order valence-electron chi connectivity index (χ1n) is 4.21. The van der Waals surface area contributed by atoms with Crippen molar-refractivity contribution in [2.24, 2.45) is 0 Å². The van der Waals surface area contributed by atoms with Crippen LogP contribution in [0.5, 0.6) is 11.5 Å². The molecule has 0 atom stereocenters. The molecule has 0 aliphatic heterocycles. The Bertz CT molecular complexity index is 262. The molecule has 0 heterocycles. The molecule has 0 N–H and O–H groups in total.